The van der Waals surface area contributed by atoms with Gasteiger partial charge in [-0.1, -0.05) is 0 Å². The van der Waals surface area contributed by atoms with E-state index < -0.39 is 6.10 Å². The highest BCUT2D eigenvalue weighted by Gasteiger charge is 2.43. The molecule has 0 radical (unpaired) electrons. The van der Waals surface area contributed by atoms with Crippen molar-refractivity contribution in [3.8, 4) is 5.88 Å². The van der Waals surface area contributed by atoms with Gasteiger partial charge in [-0.25, -0.2) is 0 Å². The number of piperidine rings is 1. The molecule has 2 aromatic heterocycles. The number of fused-ring (bicyclic) bond motifs is 1. The van der Waals surface area contributed by atoms with Gasteiger partial charge < -0.3 is 28.6 Å². The minimum Gasteiger partial charge on any atom is -0.479 e. The highest BCUT2D eigenvalue weighted by atomic mass is 16.5. The third kappa shape index (κ3) is 3.68. The second-order valence-electron chi connectivity index (χ2n) is 6.73. The summed E-state index contributed by atoms with van der Waals surface area (Å²) in [5, 5.41) is 6.49. The number of hydrogen-bond acceptors (Lipinski definition) is 7. The lowest BCUT2D eigenvalue weighted by Crippen LogP contribution is -2.45. The van der Waals surface area contributed by atoms with Crippen LogP contribution in [0.1, 0.15) is 29.2 Å². The largest absolute Gasteiger partial charge is 0.479 e. The molecule has 2 aliphatic rings. The molecule has 0 aromatic carbocycles. The van der Waals surface area contributed by atoms with Crippen LogP contribution in [0.4, 0.5) is 0 Å². The van der Waals surface area contributed by atoms with Crippen molar-refractivity contribution in [1.29, 1.82) is 0 Å². The van der Waals surface area contributed by atoms with Crippen LogP contribution >= 0.6 is 0 Å². The Morgan fingerprint density at radius 2 is 2.33 bits per heavy atom. The number of likely N-dealkylation sites (tertiary alicyclic amines) is 1. The Bertz CT molecular complexity index is 802. The molecule has 1 N–H and O–H groups in total. The first-order valence-electron chi connectivity index (χ1n) is 8.89. The van der Waals surface area contributed by atoms with Crippen LogP contribution in [0.5, 0.6) is 5.88 Å². The van der Waals surface area contributed by atoms with Crippen LogP contribution < -0.4 is 10.1 Å². The van der Waals surface area contributed by atoms with E-state index in [1.54, 1.807) is 23.3 Å². The van der Waals surface area contributed by atoms with Crippen molar-refractivity contribution in [2.24, 2.45) is 5.92 Å². The molecule has 27 heavy (non-hydrogen) atoms. The molecule has 144 valence electrons. The van der Waals surface area contributed by atoms with E-state index >= 15 is 0 Å². The van der Waals surface area contributed by atoms with Gasteiger partial charge in [0.2, 0.25) is 11.7 Å². The molecule has 0 spiro atoms. The van der Waals surface area contributed by atoms with Gasteiger partial charge in [-0.3, -0.25) is 9.59 Å². The second-order valence-corrected chi connectivity index (χ2v) is 6.73. The van der Waals surface area contributed by atoms with Crippen LogP contribution in [0.2, 0.25) is 0 Å². The van der Waals surface area contributed by atoms with Crippen molar-refractivity contribution >= 4 is 11.8 Å². The molecule has 4 heterocycles. The van der Waals surface area contributed by atoms with E-state index in [4.69, 9.17) is 18.4 Å². The summed E-state index contributed by atoms with van der Waals surface area (Å²) < 4.78 is 21.1. The summed E-state index contributed by atoms with van der Waals surface area (Å²) in [7, 11) is 1.46. The van der Waals surface area contributed by atoms with Gasteiger partial charge in [0, 0.05) is 13.1 Å². The Kier molecular flexibility index (Phi) is 4.85. The van der Waals surface area contributed by atoms with Crippen molar-refractivity contribution in [2.45, 2.75) is 31.6 Å². The molecule has 2 amide bonds. The van der Waals surface area contributed by atoms with E-state index in [9.17, 15) is 9.59 Å². The predicted molar refractivity (Wildman–Crippen MR) is 90.9 cm³/mol. The van der Waals surface area contributed by atoms with Crippen LogP contribution in [0.3, 0.4) is 0 Å². The highest BCUT2D eigenvalue weighted by molar-refractivity contribution is 5.91. The summed E-state index contributed by atoms with van der Waals surface area (Å²) in [6.45, 7) is 1.35. The molecule has 0 saturated carbocycles. The summed E-state index contributed by atoms with van der Waals surface area (Å²) in [6.07, 6.45) is 2.34. The fraction of sp³-hybridized carbons (Fsp3) is 0.500. The fourth-order valence-electron chi connectivity index (χ4n) is 3.60. The fourth-order valence-corrected chi connectivity index (χ4v) is 3.60. The molecule has 9 nitrogen and oxygen atoms in total. The molecule has 2 fully saturated rings. The third-order valence-corrected chi connectivity index (χ3v) is 5.06. The van der Waals surface area contributed by atoms with Crippen LogP contribution in [0, 0.1) is 5.92 Å². The highest BCUT2D eigenvalue weighted by Crippen LogP contribution is 2.34. The van der Waals surface area contributed by atoms with Crippen molar-refractivity contribution in [3.63, 3.8) is 0 Å². The number of furan rings is 1. The van der Waals surface area contributed by atoms with Gasteiger partial charge in [0.15, 0.2) is 0 Å². The van der Waals surface area contributed by atoms with E-state index in [0.29, 0.717) is 31.8 Å². The first kappa shape index (κ1) is 17.6. The first-order chi connectivity index (χ1) is 13.1. The number of nitrogens with zero attached hydrogens (tertiary/aromatic N) is 2. The lowest BCUT2D eigenvalue weighted by atomic mass is 9.91. The maximum atomic E-state index is 12.6. The summed E-state index contributed by atoms with van der Waals surface area (Å²) in [4.78, 5) is 26.6. The van der Waals surface area contributed by atoms with Gasteiger partial charge in [-0.15, -0.1) is 0 Å². The van der Waals surface area contributed by atoms with E-state index in [2.05, 4.69) is 10.5 Å². The predicted octanol–water partition coefficient (Wildman–Crippen LogP) is 1.21. The van der Waals surface area contributed by atoms with E-state index in [-0.39, 0.29) is 35.5 Å². The number of rotatable bonds is 5. The molecule has 3 atom stereocenters. The van der Waals surface area contributed by atoms with Crippen LogP contribution in [-0.4, -0.2) is 54.3 Å². The molecule has 0 bridgehead atoms. The smallest absolute Gasteiger partial charge is 0.292 e. The zero-order chi connectivity index (χ0) is 18.8. The van der Waals surface area contributed by atoms with Crippen molar-refractivity contribution < 1.29 is 28.0 Å². The van der Waals surface area contributed by atoms with E-state index in [1.807, 2.05) is 0 Å². The molecule has 2 saturated heterocycles. The number of ether oxygens (including phenoxy) is 2. The number of hydrogen-bond donors (Lipinski definition) is 1. The minimum atomic E-state index is -0.504. The Morgan fingerprint density at radius 1 is 1.44 bits per heavy atom. The number of methoxy groups -OCH3 is 1. The zero-order valence-electron chi connectivity index (χ0n) is 14.9. The topological polar surface area (TPSA) is 107 Å². The normalized spacial score (nSPS) is 24.5. The summed E-state index contributed by atoms with van der Waals surface area (Å²) in [5.74, 6) is 0.947. The van der Waals surface area contributed by atoms with E-state index in [0.717, 1.165) is 6.42 Å². The Labute approximate surface area is 155 Å². The van der Waals surface area contributed by atoms with E-state index in [1.165, 1.54) is 13.2 Å². The van der Waals surface area contributed by atoms with Crippen LogP contribution in [-0.2, 0) is 16.1 Å². The first-order valence-corrected chi connectivity index (χ1v) is 8.89. The molecule has 4 rings (SSSR count). The zero-order valence-corrected chi connectivity index (χ0v) is 14.9. The van der Waals surface area contributed by atoms with Gasteiger partial charge >= 0.3 is 0 Å². The maximum Gasteiger partial charge on any atom is 0.292 e. The maximum absolute atomic E-state index is 12.6. The lowest BCUT2D eigenvalue weighted by Gasteiger charge is -2.33. The Hall–Kier alpha value is -2.81. The van der Waals surface area contributed by atoms with Gasteiger partial charge in [0.1, 0.15) is 11.9 Å². The van der Waals surface area contributed by atoms with Crippen molar-refractivity contribution in [1.82, 2.24) is 15.4 Å². The molecule has 2 aliphatic heterocycles. The van der Waals surface area contributed by atoms with Crippen LogP contribution in [0.15, 0.2) is 33.4 Å². The second kappa shape index (κ2) is 7.43. The molecule has 0 unspecified atom stereocenters. The van der Waals surface area contributed by atoms with Gasteiger partial charge in [0.25, 0.3) is 11.8 Å². The van der Waals surface area contributed by atoms with Crippen molar-refractivity contribution in [2.75, 3.05) is 20.2 Å². The third-order valence-electron chi connectivity index (χ3n) is 5.06. The van der Waals surface area contributed by atoms with Crippen LogP contribution in [0.25, 0.3) is 0 Å². The molecular weight excluding hydrogens is 354 g/mol. The average Bonchev–Trinajstić information content (AvgIpc) is 3.44. The summed E-state index contributed by atoms with van der Waals surface area (Å²) in [6, 6.07) is 5.05. The molecule has 0 aliphatic carbocycles. The SMILES string of the molecule is COc1cc(C(=O)N2CC[C@H]3C[C@@H](C(=O)NCc4ccco4)O[C@@H]3C2)on1. The minimum absolute atomic E-state index is 0.135. The number of nitrogens with one attached hydrogen (secondary N) is 1. The van der Waals surface area contributed by atoms with Gasteiger partial charge in [0.05, 0.1) is 32.1 Å². The quantitative estimate of drug-likeness (QED) is 0.837. The molecular formula is C18H21N3O6. The van der Waals surface area contributed by atoms with Gasteiger partial charge in [-0.05, 0) is 36.0 Å². The van der Waals surface area contributed by atoms with Crippen molar-refractivity contribution in [3.05, 3.63) is 36.0 Å². The average molecular weight is 375 g/mol. The Balaban J connectivity index is 1.32. The summed E-state index contributed by atoms with van der Waals surface area (Å²) >= 11 is 0. The number of carbonyl (C=O) groups excluding carboxylic acids is 2. The molecule has 2 aromatic rings. The summed E-state index contributed by atoms with van der Waals surface area (Å²) in [5.41, 5.74) is 0. The lowest BCUT2D eigenvalue weighted by molar-refractivity contribution is -0.132. The standard InChI is InChI=1S/C18H21N3O6/c1-24-16-8-14(27-20-16)18(23)21-5-4-11-7-13(26-15(11)10-21)17(22)19-9-12-3-2-6-25-12/h2-3,6,8,11,13,15H,4-5,7,9-10H2,1H3,(H,19,22)/t11-,13-,15+/m0/s1. The molecule has 9 heteroatoms. The number of aromatic nitrogens is 1. The monoisotopic (exact) mass is 375 g/mol. The van der Waals surface area contributed by atoms with Gasteiger partial charge in [-0.2, -0.15) is 0 Å². The number of amides is 2. The Morgan fingerprint density at radius 3 is 3.07 bits per heavy atom. The number of carbonyl (C=O) groups is 2.